The number of halogens is 3. The van der Waals surface area contributed by atoms with Crippen LogP contribution in [-0.4, -0.2) is 39.0 Å². The van der Waals surface area contributed by atoms with Gasteiger partial charge in [0.05, 0.1) is 12.2 Å². The zero-order chi connectivity index (χ0) is 16.6. The average molecular weight is 326 g/mol. The molecule has 1 aliphatic heterocycles. The fourth-order valence-corrected chi connectivity index (χ4v) is 2.49. The summed E-state index contributed by atoms with van der Waals surface area (Å²) in [6, 6.07) is 3.70. The molecule has 0 aromatic carbocycles. The summed E-state index contributed by atoms with van der Waals surface area (Å²) in [5, 5.41) is 7.50. The zero-order valence-electron chi connectivity index (χ0n) is 11.9. The monoisotopic (exact) mass is 326 g/mol. The highest BCUT2D eigenvalue weighted by Crippen LogP contribution is 2.31. The number of hydrogen-bond donors (Lipinski definition) is 1. The smallest absolute Gasteiger partial charge is 0.364 e. The van der Waals surface area contributed by atoms with E-state index in [4.69, 9.17) is 5.73 Å². The van der Waals surface area contributed by atoms with Gasteiger partial charge in [0.1, 0.15) is 11.5 Å². The van der Waals surface area contributed by atoms with Crippen LogP contribution in [0.3, 0.4) is 0 Å². The van der Waals surface area contributed by atoms with Crippen LogP contribution in [0.1, 0.15) is 28.6 Å². The van der Waals surface area contributed by atoms with Crippen molar-refractivity contribution in [1.82, 2.24) is 20.0 Å². The molecule has 1 aliphatic rings. The molecule has 10 heteroatoms. The molecule has 0 aliphatic carbocycles. The number of amides is 1. The summed E-state index contributed by atoms with van der Waals surface area (Å²) in [4.78, 5) is 16.4. The van der Waals surface area contributed by atoms with Crippen LogP contribution in [0.15, 0.2) is 24.4 Å². The van der Waals surface area contributed by atoms with E-state index in [1.807, 2.05) is 0 Å². The van der Waals surface area contributed by atoms with Crippen molar-refractivity contribution in [2.45, 2.75) is 18.6 Å². The maximum atomic E-state index is 12.7. The molecule has 3 rings (SSSR count). The summed E-state index contributed by atoms with van der Waals surface area (Å²) in [5.74, 6) is -0.414. The van der Waals surface area contributed by atoms with Gasteiger partial charge in [0.2, 0.25) is 0 Å². The predicted molar refractivity (Wildman–Crippen MR) is 73.6 cm³/mol. The van der Waals surface area contributed by atoms with Crippen molar-refractivity contribution in [2.24, 2.45) is 5.73 Å². The van der Waals surface area contributed by atoms with Gasteiger partial charge in [-0.15, -0.1) is 5.10 Å². The fraction of sp³-hybridized carbons (Fsp3) is 0.385. The van der Waals surface area contributed by atoms with E-state index in [1.54, 1.807) is 4.90 Å². The Bertz CT molecular complexity index is 728. The molecule has 2 aromatic heterocycles. The minimum atomic E-state index is -4.47. The third-order valence-corrected chi connectivity index (χ3v) is 3.65. The molecule has 1 amide bonds. The van der Waals surface area contributed by atoms with E-state index in [1.165, 1.54) is 23.0 Å². The molecule has 0 bridgehead atoms. The SMILES string of the molecule is NC(=O)c1cn(C2CCN(c3cccc(C(F)(F)F)n3)C2)nn1. The van der Waals surface area contributed by atoms with E-state index in [-0.39, 0.29) is 17.6 Å². The number of primary amides is 1. The lowest BCUT2D eigenvalue weighted by Crippen LogP contribution is -2.23. The molecule has 122 valence electrons. The molecule has 2 N–H and O–H groups in total. The van der Waals surface area contributed by atoms with Crippen molar-refractivity contribution >= 4 is 11.7 Å². The fourth-order valence-electron chi connectivity index (χ4n) is 2.49. The summed E-state index contributed by atoms with van der Waals surface area (Å²) in [5.41, 5.74) is 4.25. The van der Waals surface area contributed by atoms with E-state index in [0.717, 1.165) is 6.07 Å². The standard InChI is InChI=1S/C13H13F3N6O/c14-13(15,16)10-2-1-3-11(18-10)21-5-4-8(6-21)22-7-9(12(17)23)19-20-22/h1-3,7-8H,4-6H2,(H2,17,23). The number of nitrogens with two attached hydrogens (primary N) is 1. The molecular weight excluding hydrogens is 313 g/mol. The van der Waals surface area contributed by atoms with Gasteiger partial charge in [0.15, 0.2) is 5.69 Å². The topological polar surface area (TPSA) is 89.9 Å². The van der Waals surface area contributed by atoms with Gasteiger partial charge >= 0.3 is 6.18 Å². The maximum Gasteiger partial charge on any atom is 0.433 e. The van der Waals surface area contributed by atoms with Gasteiger partial charge in [-0.1, -0.05) is 11.3 Å². The molecule has 1 unspecified atom stereocenters. The van der Waals surface area contributed by atoms with Crippen LogP contribution in [0, 0.1) is 0 Å². The molecule has 1 saturated heterocycles. The van der Waals surface area contributed by atoms with Gasteiger partial charge in [0, 0.05) is 13.1 Å². The van der Waals surface area contributed by atoms with Gasteiger partial charge < -0.3 is 10.6 Å². The van der Waals surface area contributed by atoms with Crippen LogP contribution >= 0.6 is 0 Å². The quantitative estimate of drug-likeness (QED) is 0.916. The number of carbonyl (C=O) groups is 1. The molecule has 23 heavy (non-hydrogen) atoms. The molecule has 0 radical (unpaired) electrons. The summed E-state index contributed by atoms with van der Waals surface area (Å²) >= 11 is 0. The lowest BCUT2D eigenvalue weighted by atomic mass is 10.3. The Labute approximate surface area is 128 Å². The Morgan fingerprint density at radius 2 is 2.13 bits per heavy atom. The third kappa shape index (κ3) is 3.10. The lowest BCUT2D eigenvalue weighted by molar-refractivity contribution is -0.141. The second-order valence-corrected chi connectivity index (χ2v) is 5.22. The van der Waals surface area contributed by atoms with Gasteiger partial charge in [-0.05, 0) is 18.6 Å². The summed E-state index contributed by atoms with van der Waals surface area (Å²) in [6.45, 7) is 0.959. The predicted octanol–water partition coefficient (Wildman–Crippen LogP) is 1.24. The Balaban J connectivity index is 1.76. The Morgan fingerprint density at radius 3 is 2.78 bits per heavy atom. The van der Waals surface area contributed by atoms with Crippen molar-refractivity contribution in [3.63, 3.8) is 0 Å². The highest BCUT2D eigenvalue weighted by Gasteiger charge is 2.34. The van der Waals surface area contributed by atoms with Gasteiger partial charge in [-0.3, -0.25) is 4.79 Å². The molecule has 7 nitrogen and oxygen atoms in total. The molecule has 0 saturated carbocycles. The summed E-state index contributed by atoms with van der Waals surface area (Å²) in [6.07, 6.45) is -2.38. The first-order chi connectivity index (χ1) is 10.8. The van der Waals surface area contributed by atoms with Gasteiger partial charge in [0.25, 0.3) is 5.91 Å². The van der Waals surface area contributed by atoms with Crippen LogP contribution in [0.4, 0.5) is 19.0 Å². The Kier molecular flexibility index (Phi) is 3.66. The Hall–Kier alpha value is -2.65. The normalized spacial score (nSPS) is 18.4. The van der Waals surface area contributed by atoms with E-state index < -0.39 is 17.8 Å². The third-order valence-electron chi connectivity index (χ3n) is 3.65. The van der Waals surface area contributed by atoms with E-state index in [2.05, 4.69) is 15.3 Å². The van der Waals surface area contributed by atoms with Crippen molar-refractivity contribution in [3.05, 3.63) is 35.8 Å². The maximum absolute atomic E-state index is 12.7. The second kappa shape index (κ2) is 5.52. The number of anilines is 1. The molecule has 1 atom stereocenters. The summed E-state index contributed by atoms with van der Waals surface area (Å²) < 4.78 is 39.7. The number of hydrogen-bond acceptors (Lipinski definition) is 5. The lowest BCUT2D eigenvalue weighted by Gasteiger charge is -2.18. The second-order valence-electron chi connectivity index (χ2n) is 5.22. The molecule has 0 spiro atoms. The highest BCUT2D eigenvalue weighted by molar-refractivity contribution is 5.90. The first-order valence-corrected chi connectivity index (χ1v) is 6.85. The largest absolute Gasteiger partial charge is 0.433 e. The first-order valence-electron chi connectivity index (χ1n) is 6.85. The van der Waals surface area contributed by atoms with Crippen molar-refractivity contribution < 1.29 is 18.0 Å². The minimum absolute atomic E-state index is 0.0562. The van der Waals surface area contributed by atoms with Crippen molar-refractivity contribution in [3.8, 4) is 0 Å². The van der Waals surface area contributed by atoms with Crippen LogP contribution in [-0.2, 0) is 6.18 Å². The van der Waals surface area contributed by atoms with Gasteiger partial charge in [-0.25, -0.2) is 9.67 Å². The number of carbonyl (C=O) groups excluding carboxylic acids is 1. The minimum Gasteiger partial charge on any atom is -0.364 e. The molecular formula is C13H13F3N6O. The average Bonchev–Trinajstić information content (AvgIpc) is 3.15. The molecule has 2 aromatic rings. The van der Waals surface area contributed by atoms with Crippen LogP contribution < -0.4 is 10.6 Å². The van der Waals surface area contributed by atoms with E-state index in [9.17, 15) is 18.0 Å². The van der Waals surface area contributed by atoms with Crippen LogP contribution in [0.2, 0.25) is 0 Å². The number of nitrogens with zero attached hydrogens (tertiary/aromatic N) is 5. The molecule has 3 heterocycles. The number of aromatic nitrogens is 4. The van der Waals surface area contributed by atoms with Crippen molar-refractivity contribution in [1.29, 1.82) is 0 Å². The zero-order valence-corrected chi connectivity index (χ0v) is 11.9. The van der Waals surface area contributed by atoms with Crippen molar-refractivity contribution in [2.75, 3.05) is 18.0 Å². The number of pyridine rings is 1. The van der Waals surface area contributed by atoms with E-state index >= 15 is 0 Å². The Morgan fingerprint density at radius 1 is 1.35 bits per heavy atom. The molecule has 1 fully saturated rings. The first kappa shape index (κ1) is 15.3. The highest BCUT2D eigenvalue weighted by atomic mass is 19.4. The number of rotatable bonds is 3. The van der Waals surface area contributed by atoms with E-state index in [0.29, 0.717) is 19.5 Å². The van der Waals surface area contributed by atoms with Gasteiger partial charge in [-0.2, -0.15) is 13.2 Å². The van der Waals surface area contributed by atoms with Crippen LogP contribution in [0.25, 0.3) is 0 Å². The summed E-state index contributed by atoms with van der Waals surface area (Å²) in [7, 11) is 0. The number of alkyl halides is 3. The van der Waals surface area contributed by atoms with Crippen LogP contribution in [0.5, 0.6) is 0 Å².